The van der Waals surface area contributed by atoms with E-state index in [1.165, 1.54) is 19.3 Å². The van der Waals surface area contributed by atoms with Crippen molar-refractivity contribution < 1.29 is 0 Å². The summed E-state index contributed by atoms with van der Waals surface area (Å²) >= 11 is 0. The fraction of sp³-hybridized carbons (Fsp3) is 0.455. The van der Waals surface area contributed by atoms with Gasteiger partial charge in [-0.3, -0.25) is 0 Å². The van der Waals surface area contributed by atoms with E-state index in [1.54, 1.807) is 5.57 Å². The van der Waals surface area contributed by atoms with Crippen LogP contribution in [0.2, 0.25) is 0 Å². The minimum Gasteiger partial charge on any atom is -0.103 e. The van der Waals surface area contributed by atoms with Crippen LogP contribution in [0.3, 0.4) is 0 Å². The second-order valence-corrected chi connectivity index (χ2v) is 3.43. The molecule has 0 fully saturated rings. The number of rotatable bonds is 1. The Morgan fingerprint density at radius 3 is 3.27 bits per heavy atom. The number of allylic oxidation sites excluding steroid dienone is 5. The summed E-state index contributed by atoms with van der Waals surface area (Å²) in [6.45, 7) is 3.88. The lowest BCUT2D eigenvalue weighted by Crippen LogP contribution is -2.13. The van der Waals surface area contributed by atoms with Crippen LogP contribution in [0.15, 0.2) is 36.5 Å². The molecular weight excluding hydrogens is 132 g/mol. The van der Waals surface area contributed by atoms with E-state index in [4.69, 9.17) is 0 Å². The largest absolute Gasteiger partial charge is 0.103 e. The Balaban J connectivity index is 2.25. The Hall–Kier alpha value is -0.780. The van der Waals surface area contributed by atoms with Crippen LogP contribution in [0.25, 0.3) is 0 Å². The standard InChI is InChI=1S/C11H14/c1-2-9-5-3-6-10-7-4-8-11(9)10/h2-3,6-7,9,11H,1,4-5,8H2. The SMILES string of the molecule is C=CC1CC=CC2=CCCC21. The van der Waals surface area contributed by atoms with Crippen LogP contribution in [-0.2, 0) is 0 Å². The maximum atomic E-state index is 3.88. The summed E-state index contributed by atoms with van der Waals surface area (Å²) < 4.78 is 0. The lowest BCUT2D eigenvalue weighted by Gasteiger charge is -2.24. The second-order valence-electron chi connectivity index (χ2n) is 3.43. The van der Waals surface area contributed by atoms with Gasteiger partial charge < -0.3 is 0 Å². The molecule has 11 heavy (non-hydrogen) atoms. The van der Waals surface area contributed by atoms with E-state index in [-0.39, 0.29) is 0 Å². The molecule has 2 atom stereocenters. The predicted octanol–water partition coefficient (Wildman–Crippen LogP) is 3.08. The highest BCUT2D eigenvalue weighted by atomic mass is 14.3. The van der Waals surface area contributed by atoms with Gasteiger partial charge in [-0.05, 0) is 36.7 Å². The summed E-state index contributed by atoms with van der Waals surface area (Å²) in [6.07, 6.45) is 12.9. The Morgan fingerprint density at radius 2 is 2.45 bits per heavy atom. The Bertz CT molecular complexity index is 220. The van der Waals surface area contributed by atoms with E-state index in [9.17, 15) is 0 Å². The van der Waals surface area contributed by atoms with Crippen molar-refractivity contribution >= 4 is 0 Å². The van der Waals surface area contributed by atoms with Crippen LogP contribution in [0, 0.1) is 11.8 Å². The van der Waals surface area contributed by atoms with E-state index in [0.29, 0.717) is 5.92 Å². The van der Waals surface area contributed by atoms with Gasteiger partial charge >= 0.3 is 0 Å². The quantitative estimate of drug-likeness (QED) is 0.499. The molecule has 0 spiro atoms. The maximum absolute atomic E-state index is 3.88. The fourth-order valence-electron chi connectivity index (χ4n) is 2.19. The molecule has 0 saturated carbocycles. The number of hydrogen-bond acceptors (Lipinski definition) is 0. The fourth-order valence-corrected chi connectivity index (χ4v) is 2.19. The van der Waals surface area contributed by atoms with Crippen molar-refractivity contribution in [1.82, 2.24) is 0 Å². The second kappa shape index (κ2) is 2.69. The molecule has 0 saturated heterocycles. The van der Waals surface area contributed by atoms with Crippen molar-refractivity contribution in [1.29, 1.82) is 0 Å². The summed E-state index contributed by atoms with van der Waals surface area (Å²) in [5.74, 6) is 1.52. The molecule has 0 amide bonds. The zero-order valence-corrected chi connectivity index (χ0v) is 6.79. The highest BCUT2D eigenvalue weighted by molar-refractivity contribution is 5.30. The molecule has 0 nitrogen and oxygen atoms in total. The van der Waals surface area contributed by atoms with Crippen LogP contribution < -0.4 is 0 Å². The summed E-state index contributed by atoms with van der Waals surface area (Å²) in [7, 11) is 0. The van der Waals surface area contributed by atoms with E-state index in [1.807, 2.05) is 0 Å². The van der Waals surface area contributed by atoms with Crippen LogP contribution in [0.1, 0.15) is 19.3 Å². The van der Waals surface area contributed by atoms with Gasteiger partial charge in [-0.1, -0.05) is 24.3 Å². The van der Waals surface area contributed by atoms with Crippen molar-refractivity contribution in [3.8, 4) is 0 Å². The zero-order valence-electron chi connectivity index (χ0n) is 6.79. The molecule has 0 aliphatic heterocycles. The summed E-state index contributed by atoms with van der Waals surface area (Å²) in [5, 5.41) is 0. The monoisotopic (exact) mass is 146 g/mol. The minimum absolute atomic E-state index is 0.716. The third-order valence-electron chi connectivity index (χ3n) is 2.82. The van der Waals surface area contributed by atoms with Crippen LogP contribution in [-0.4, -0.2) is 0 Å². The van der Waals surface area contributed by atoms with Gasteiger partial charge in [0.15, 0.2) is 0 Å². The summed E-state index contributed by atoms with van der Waals surface area (Å²) in [6, 6.07) is 0. The first-order valence-electron chi connectivity index (χ1n) is 4.41. The average Bonchev–Trinajstić information content (AvgIpc) is 2.50. The molecule has 2 unspecified atom stereocenters. The first-order valence-corrected chi connectivity index (χ1v) is 4.41. The van der Waals surface area contributed by atoms with Crippen molar-refractivity contribution in [3.63, 3.8) is 0 Å². The summed E-state index contributed by atoms with van der Waals surface area (Å²) in [5.41, 5.74) is 1.56. The highest BCUT2D eigenvalue weighted by Gasteiger charge is 2.25. The van der Waals surface area contributed by atoms with E-state index < -0.39 is 0 Å². The molecule has 0 bridgehead atoms. The molecule has 0 aromatic carbocycles. The Morgan fingerprint density at radius 1 is 1.55 bits per heavy atom. The van der Waals surface area contributed by atoms with Gasteiger partial charge in [-0.2, -0.15) is 0 Å². The van der Waals surface area contributed by atoms with Gasteiger partial charge in [0.2, 0.25) is 0 Å². The zero-order chi connectivity index (χ0) is 7.68. The van der Waals surface area contributed by atoms with Gasteiger partial charge in [0.1, 0.15) is 0 Å². The first kappa shape index (κ1) is 6.90. The van der Waals surface area contributed by atoms with E-state index in [0.717, 1.165) is 5.92 Å². The average molecular weight is 146 g/mol. The van der Waals surface area contributed by atoms with Gasteiger partial charge in [-0.25, -0.2) is 0 Å². The smallest absolute Gasteiger partial charge is 0.00965 e. The molecule has 0 N–H and O–H groups in total. The third-order valence-corrected chi connectivity index (χ3v) is 2.82. The van der Waals surface area contributed by atoms with Gasteiger partial charge in [0.05, 0.1) is 0 Å². The molecule has 2 aliphatic carbocycles. The molecule has 0 heterocycles. The normalized spacial score (nSPS) is 34.7. The van der Waals surface area contributed by atoms with Crippen molar-refractivity contribution in [2.75, 3.05) is 0 Å². The molecule has 0 radical (unpaired) electrons. The Labute approximate surface area is 68.3 Å². The van der Waals surface area contributed by atoms with E-state index in [2.05, 4.69) is 30.9 Å². The van der Waals surface area contributed by atoms with Crippen LogP contribution in [0.4, 0.5) is 0 Å². The Kier molecular flexibility index (Phi) is 1.69. The van der Waals surface area contributed by atoms with E-state index >= 15 is 0 Å². The predicted molar refractivity (Wildman–Crippen MR) is 48.3 cm³/mol. The lowest BCUT2D eigenvalue weighted by molar-refractivity contribution is 0.449. The maximum Gasteiger partial charge on any atom is -0.00965 e. The van der Waals surface area contributed by atoms with Crippen LogP contribution >= 0.6 is 0 Å². The van der Waals surface area contributed by atoms with Crippen molar-refractivity contribution in [2.45, 2.75) is 19.3 Å². The molecule has 58 valence electrons. The van der Waals surface area contributed by atoms with Gasteiger partial charge in [0, 0.05) is 0 Å². The minimum atomic E-state index is 0.716. The van der Waals surface area contributed by atoms with Gasteiger partial charge in [-0.15, -0.1) is 6.58 Å². The van der Waals surface area contributed by atoms with Crippen LogP contribution in [0.5, 0.6) is 0 Å². The number of hydrogen-bond donors (Lipinski definition) is 0. The number of fused-ring (bicyclic) bond motifs is 1. The summed E-state index contributed by atoms with van der Waals surface area (Å²) in [4.78, 5) is 0. The highest BCUT2D eigenvalue weighted by Crippen LogP contribution is 2.38. The lowest BCUT2D eigenvalue weighted by atomic mass is 9.81. The molecule has 0 aromatic heterocycles. The van der Waals surface area contributed by atoms with Gasteiger partial charge in [0.25, 0.3) is 0 Å². The molecule has 2 rings (SSSR count). The van der Waals surface area contributed by atoms with Crippen molar-refractivity contribution in [2.24, 2.45) is 11.8 Å². The topological polar surface area (TPSA) is 0 Å². The molecule has 0 aromatic rings. The molecule has 2 aliphatic rings. The van der Waals surface area contributed by atoms with Crippen molar-refractivity contribution in [3.05, 3.63) is 36.5 Å². The first-order chi connectivity index (χ1) is 5.42. The molecular formula is C11H14. The third kappa shape index (κ3) is 1.07. The molecule has 0 heteroatoms.